The van der Waals surface area contributed by atoms with Crippen LogP contribution in [0.3, 0.4) is 0 Å². The Morgan fingerprint density at radius 2 is 2.00 bits per heavy atom. The molecule has 0 saturated carbocycles. The summed E-state index contributed by atoms with van der Waals surface area (Å²) in [5, 5.41) is 2.90. The van der Waals surface area contributed by atoms with Crippen molar-refractivity contribution in [2.24, 2.45) is 5.92 Å². The maximum Gasteiger partial charge on any atom is 0.239 e. The third kappa shape index (κ3) is 3.43. The first kappa shape index (κ1) is 18.0. The molecule has 0 aliphatic carbocycles. The lowest BCUT2D eigenvalue weighted by Crippen LogP contribution is -2.46. The van der Waals surface area contributed by atoms with Gasteiger partial charge in [-0.1, -0.05) is 18.2 Å². The van der Waals surface area contributed by atoms with E-state index in [1.54, 1.807) is 4.90 Å². The summed E-state index contributed by atoms with van der Waals surface area (Å²) >= 11 is 0. The Morgan fingerprint density at radius 1 is 1.21 bits per heavy atom. The molecule has 3 aromatic rings. The van der Waals surface area contributed by atoms with Crippen LogP contribution in [0.1, 0.15) is 12.8 Å². The number of H-pyrrole nitrogens is 1. The van der Waals surface area contributed by atoms with Crippen LogP contribution in [0.15, 0.2) is 48.5 Å². The van der Waals surface area contributed by atoms with Gasteiger partial charge in [0.05, 0.1) is 11.0 Å². The number of amides is 2. The van der Waals surface area contributed by atoms with Crippen molar-refractivity contribution in [3.05, 3.63) is 48.5 Å². The Bertz CT molecular complexity index is 1010. The molecule has 1 fully saturated rings. The topological polar surface area (TPSA) is 81.3 Å². The fraction of sp³-hybridized carbons (Fsp3) is 0.286. The van der Waals surface area contributed by atoms with Gasteiger partial charge in [0.1, 0.15) is 5.92 Å². The number of para-hydroxylation sites is 1. The molecule has 1 aromatic heterocycles. The fourth-order valence-electron chi connectivity index (χ4n) is 3.50. The summed E-state index contributed by atoms with van der Waals surface area (Å²) in [7, 11) is 3.82. The Kier molecular flexibility index (Phi) is 4.73. The zero-order chi connectivity index (χ0) is 19.7. The second-order valence-corrected chi connectivity index (χ2v) is 7.20. The lowest BCUT2D eigenvalue weighted by atomic mass is 9.95. The van der Waals surface area contributed by atoms with Crippen LogP contribution in [0, 0.1) is 5.92 Å². The molecule has 0 radical (unpaired) electrons. The van der Waals surface area contributed by atoms with Crippen molar-refractivity contribution in [3.8, 4) is 0 Å². The highest BCUT2D eigenvalue weighted by molar-refractivity contribution is 6.12. The highest BCUT2D eigenvalue weighted by Crippen LogP contribution is 2.26. The monoisotopic (exact) mass is 377 g/mol. The lowest BCUT2D eigenvalue weighted by Gasteiger charge is -2.31. The van der Waals surface area contributed by atoms with Crippen LogP contribution < -0.4 is 15.1 Å². The van der Waals surface area contributed by atoms with Crippen LogP contribution in [0.2, 0.25) is 0 Å². The number of nitrogens with zero attached hydrogens (tertiary/aromatic N) is 3. The molecule has 0 bridgehead atoms. The summed E-state index contributed by atoms with van der Waals surface area (Å²) in [6.45, 7) is 0.639. The molecule has 0 spiro atoms. The van der Waals surface area contributed by atoms with Crippen LogP contribution >= 0.6 is 0 Å². The molecule has 28 heavy (non-hydrogen) atoms. The third-order valence-corrected chi connectivity index (χ3v) is 4.98. The van der Waals surface area contributed by atoms with E-state index in [0.29, 0.717) is 18.7 Å². The van der Waals surface area contributed by atoms with Gasteiger partial charge in [-0.3, -0.25) is 9.59 Å². The van der Waals surface area contributed by atoms with E-state index in [-0.39, 0.29) is 11.8 Å². The van der Waals surface area contributed by atoms with Gasteiger partial charge in [-0.2, -0.15) is 0 Å². The number of nitrogens with one attached hydrogen (secondary N) is 2. The van der Waals surface area contributed by atoms with Gasteiger partial charge in [-0.25, -0.2) is 4.98 Å². The normalized spacial score (nSPS) is 17.0. The minimum Gasteiger partial charge on any atom is -0.349 e. The number of piperidine rings is 1. The van der Waals surface area contributed by atoms with Gasteiger partial charge in [0.15, 0.2) is 0 Å². The van der Waals surface area contributed by atoms with Crippen molar-refractivity contribution >= 4 is 40.2 Å². The molecule has 1 saturated heterocycles. The number of imidazole rings is 1. The standard InChI is InChI=1S/C21H23N5O2/c1-25(2)21-23-17-11-10-14(13-18(17)24-21)22-19(27)16-9-6-12-26(20(16)28)15-7-4-3-5-8-15/h3-5,7-8,10-11,13,16H,6,9,12H2,1-2H3,(H,22,27)(H,23,24). The van der Waals surface area contributed by atoms with Crippen molar-refractivity contribution in [2.75, 3.05) is 35.8 Å². The second kappa shape index (κ2) is 7.34. The molecule has 2 aromatic carbocycles. The summed E-state index contributed by atoms with van der Waals surface area (Å²) in [4.78, 5) is 37.0. The number of carbonyl (C=O) groups is 2. The molecule has 2 heterocycles. The number of aromatic nitrogens is 2. The van der Waals surface area contributed by atoms with Gasteiger partial charge < -0.3 is 20.1 Å². The molecule has 4 rings (SSSR count). The van der Waals surface area contributed by atoms with Gasteiger partial charge in [-0.15, -0.1) is 0 Å². The second-order valence-electron chi connectivity index (χ2n) is 7.20. The molecule has 1 atom stereocenters. The maximum absolute atomic E-state index is 12.9. The molecule has 1 aliphatic heterocycles. The van der Waals surface area contributed by atoms with E-state index in [0.717, 1.165) is 29.1 Å². The Labute approximate surface area is 163 Å². The Morgan fingerprint density at radius 3 is 2.75 bits per heavy atom. The molecule has 144 valence electrons. The Balaban J connectivity index is 1.51. The van der Waals surface area contributed by atoms with Crippen molar-refractivity contribution < 1.29 is 9.59 Å². The van der Waals surface area contributed by atoms with E-state index in [1.807, 2.05) is 67.5 Å². The number of fused-ring (bicyclic) bond motifs is 1. The predicted molar refractivity (Wildman–Crippen MR) is 111 cm³/mol. The van der Waals surface area contributed by atoms with Crippen LogP contribution in [0.5, 0.6) is 0 Å². The van der Waals surface area contributed by atoms with E-state index in [2.05, 4.69) is 15.3 Å². The zero-order valence-corrected chi connectivity index (χ0v) is 16.0. The predicted octanol–water partition coefficient (Wildman–Crippen LogP) is 3.01. The highest BCUT2D eigenvalue weighted by atomic mass is 16.2. The average Bonchev–Trinajstić information content (AvgIpc) is 3.12. The molecular formula is C21H23N5O2. The molecular weight excluding hydrogens is 354 g/mol. The van der Waals surface area contributed by atoms with Crippen molar-refractivity contribution in [2.45, 2.75) is 12.8 Å². The smallest absolute Gasteiger partial charge is 0.239 e. The van der Waals surface area contributed by atoms with E-state index in [9.17, 15) is 9.59 Å². The molecule has 2 N–H and O–H groups in total. The van der Waals surface area contributed by atoms with Crippen LogP contribution in [-0.2, 0) is 9.59 Å². The number of benzene rings is 2. The SMILES string of the molecule is CN(C)c1nc2ccc(NC(=O)C3CCCN(c4ccccc4)C3=O)cc2[nH]1. The summed E-state index contributed by atoms with van der Waals surface area (Å²) in [6.07, 6.45) is 1.36. The minimum atomic E-state index is -0.677. The first-order valence-electron chi connectivity index (χ1n) is 9.37. The van der Waals surface area contributed by atoms with E-state index >= 15 is 0 Å². The first-order chi connectivity index (χ1) is 13.5. The zero-order valence-electron chi connectivity index (χ0n) is 16.0. The van der Waals surface area contributed by atoms with Crippen molar-refractivity contribution in [1.29, 1.82) is 0 Å². The summed E-state index contributed by atoms with van der Waals surface area (Å²) in [6, 6.07) is 15.0. The number of hydrogen-bond acceptors (Lipinski definition) is 4. The van der Waals surface area contributed by atoms with Crippen LogP contribution in [-0.4, -0.2) is 42.4 Å². The van der Waals surface area contributed by atoms with Crippen molar-refractivity contribution in [3.63, 3.8) is 0 Å². The van der Waals surface area contributed by atoms with Gasteiger partial charge >= 0.3 is 0 Å². The van der Waals surface area contributed by atoms with Crippen molar-refractivity contribution in [1.82, 2.24) is 9.97 Å². The average molecular weight is 377 g/mol. The quantitative estimate of drug-likeness (QED) is 0.685. The van der Waals surface area contributed by atoms with Crippen LogP contribution in [0.25, 0.3) is 11.0 Å². The third-order valence-electron chi connectivity index (χ3n) is 4.98. The minimum absolute atomic E-state index is 0.146. The largest absolute Gasteiger partial charge is 0.349 e. The lowest BCUT2D eigenvalue weighted by molar-refractivity contribution is -0.132. The molecule has 7 heteroatoms. The van der Waals surface area contributed by atoms with Gasteiger partial charge in [0, 0.05) is 32.0 Å². The summed E-state index contributed by atoms with van der Waals surface area (Å²) < 4.78 is 0. The van der Waals surface area contributed by atoms with Gasteiger partial charge in [0.25, 0.3) is 0 Å². The molecule has 1 unspecified atom stereocenters. The van der Waals surface area contributed by atoms with E-state index in [4.69, 9.17) is 0 Å². The number of rotatable bonds is 4. The Hall–Kier alpha value is -3.35. The van der Waals surface area contributed by atoms with E-state index in [1.165, 1.54) is 0 Å². The summed E-state index contributed by atoms with van der Waals surface area (Å²) in [5.41, 5.74) is 3.14. The molecule has 7 nitrogen and oxygen atoms in total. The highest BCUT2D eigenvalue weighted by Gasteiger charge is 2.34. The van der Waals surface area contributed by atoms with Gasteiger partial charge in [0.2, 0.25) is 17.8 Å². The van der Waals surface area contributed by atoms with Gasteiger partial charge in [-0.05, 0) is 43.2 Å². The molecule has 1 aliphatic rings. The molecule has 2 amide bonds. The number of anilines is 3. The fourth-order valence-corrected chi connectivity index (χ4v) is 3.50. The maximum atomic E-state index is 12.9. The number of aromatic amines is 1. The van der Waals surface area contributed by atoms with E-state index < -0.39 is 5.92 Å². The van der Waals surface area contributed by atoms with Crippen LogP contribution in [0.4, 0.5) is 17.3 Å². The first-order valence-corrected chi connectivity index (χ1v) is 9.37. The summed E-state index contributed by atoms with van der Waals surface area (Å²) in [5.74, 6) is -0.340. The number of hydrogen-bond donors (Lipinski definition) is 2. The number of carbonyl (C=O) groups excluding carboxylic acids is 2.